The monoisotopic (exact) mass is 395 g/mol. The Hall–Kier alpha value is -0.490. The van der Waals surface area contributed by atoms with Crippen molar-refractivity contribution in [2.24, 2.45) is 10.7 Å². The number of halogens is 2. The maximum absolute atomic E-state index is 5.90. The topological polar surface area (TPSA) is 50.4 Å². The van der Waals surface area contributed by atoms with E-state index in [4.69, 9.17) is 17.3 Å². The zero-order valence-electron chi connectivity index (χ0n) is 11.4. The third-order valence-electron chi connectivity index (χ3n) is 2.66. The van der Waals surface area contributed by atoms with Crippen LogP contribution >= 0.6 is 35.6 Å². The van der Waals surface area contributed by atoms with Crippen LogP contribution in [0.4, 0.5) is 0 Å². The first kappa shape index (κ1) is 18.5. The Bertz CT molecular complexity index is 383. The number of hydrogen-bond donors (Lipinski definition) is 2. The molecule has 1 rings (SSSR count). The summed E-state index contributed by atoms with van der Waals surface area (Å²) in [5.74, 6) is 0.506. The smallest absolute Gasteiger partial charge is 0.188 e. The van der Waals surface area contributed by atoms with Crippen molar-refractivity contribution in [3.05, 3.63) is 34.9 Å². The van der Waals surface area contributed by atoms with Gasteiger partial charge in [0, 0.05) is 11.6 Å². The lowest BCUT2D eigenvalue weighted by atomic mass is 10.2. The summed E-state index contributed by atoms with van der Waals surface area (Å²) in [6.45, 7) is 3.66. The van der Waals surface area contributed by atoms with Gasteiger partial charge >= 0.3 is 0 Å². The normalized spacial score (nSPS) is 10.9. The Morgan fingerprint density at radius 1 is 1.32 bits per heavy atom. The maximum Gasteiger partial charge on any atom is 0.188 e. The number of benzene rings is 1. The highest BCUT2D eigenvalue weighted by Gasteiger charge is 1.95. The second kappa shape index (κ2) is 11.3. The third-order valence-corrected chi connectivity index (χ3v) is 2.89. The van der Waals surface area contributed by atoms with E-state index in [9.17, 15) is 0 Å². The molecule has 0 fully saturated rings. The molecule has 0 amide bonds. The average Bonchev–Trinajstić information content (AvgIpc) is 2.36. The lowest BCUT2D eigenvalue weighted by Gasteiger charge is -2.05. The lowest BCUT2D eigenvalue weighted by Crippen LogP contribution is -2.32. The molecule has 0 spiro atoms. The standard InChI is InChI=1S/C14H22ClN3.HI/c1-2-3-4-5-9-17-14(16)18-11-12-7-6-8-13(15)10-12;/h6-8,10H,2-5,9,11H2,1H3,(H3,16,17,18);1H. The quantitative estimate of drug-likeness (QED) is 0.318. The van der Waals surface area contributed by atoms with Gasteiger partial charge in [0.25, 0.3) is 0 Å². The summed E-state index contributed by atoms with van der Waals surface area (Å²) in [7, 11) is 0. The first-order valence-corrected chi connectivity index (χ1v) is 6.88. The predicted octanol–water partition coefficient (Wildman–Crippen LogP) is 3.94. The van der Waals surface area contributed by atoms with Crippen LogP contribution in [0.25, 0.3) is 0 Å². The summed E-state index contributed by atoms with van der Waals surface area (Å²) in [6, 6.07) is 7.66. The zero-order valence-corrected chi connectivity index (χ0v) is 14.4. The Kier molecular flexibility index (Phi) is 11.1. The van der Waals surface area contributed by atoms with Crippen LogP contribution in [0, 0.1) is 0 Å². The van der Waals surface area contributed by atoms with Crippen molar-refractivity contribution < 1.29 is 0 Å². The van der Waals surface area contributed by atoms with Gasteiger partial charge in [-0.15, -0.1) is 24.0 Å². The van der Waals surface area contributed by atoms with Crippen LogP contribution in [-0.4, -0.2) is 12.5 Å². The van der Waals surface area contributed by atoms with E-state index in [0.29, 0.717) is 12.5 Å². The number of aliphatic imine (C=N–C) groups is 1. The Morgan fingerprint density at radius 2 is 2.11 bits per heavy atom. The molecule has 1 aromatic rings. The molecular weight excluding hydrogens is 373 g/mol. The highest BCUT2D eigenvalue weighted by atomic mass is 127. The minimum atomic E-state index is 0. The van der Waals surface area contributed by atoms with Gasteiger partial charge in [0.1, 0.15) is 0 Å². The molecule has 0 aliphatic rings. The Balaban J connectivity index is 0.00000324. The highest BCUT2D eigenvalue weighted by Crippen LogP contribution is 2.11. The molecule has 19 heavy (non-hydrogen) atoms. The van der Waals surface area contributed by atoms with Crippen molar-refractivity contribution in [2.45, 2.75) is 39.2 Å². The van der Waals surface area contributed by atoms with Crippen LogP contribution in [-0.2, 0) is 6.54 Å². The molecule has 3 N–H and O–H groups in total. The van der Waals surface area contributed by atoms with E-state index in [1.54, 1.807) is 0 Å². The van der Waals surface area contributed by atoms with Gasteiger partial charge in [0.15, 0.2) is 5.96 Å². The van der Waals surface area contributed by atoms with Crippen LogP contribution in [0.1, 0.15) is 38.2 Å². The van der Waals surface area contributed by atoms with E-state index >= 15 is 0 Å². The van der Waals surface area contributed by atoms with E-state index in [-0.39, 0.29) is 24.0 Å². The molecule has 0 atom stereocenters. The Labute approximate surface area is 138 Å². The molecule has 0 aliphatic carbocycles. The molecule has 3 nitrogen and oxygen atoms in total. The SMILES string of the molecule is CCCCCCNC(N)=NCc1cccc(Cl)c1.I. The van der Waals surface area contributed by atoms with Crippen LogP contribution in [0.2, 0.25) is 5.02 Å². The summed E-state index contributed by atoms with van der Waals surface area (Å²) in [5, 5.41) is 3.85. The lowest BCUT2D eigenvalue weighted by molar-refractivity contribution is 0.652. The molecule has 0 aromatic heterocycles. The van der Waals surface area contributed by atoms with E-state index in [1.165, 1.54) is 19.3 Å². The van der Waals surface area contributed by atoms with Crippen LogP contribution in [0.5, 0.6) is 0 Å². The number of rotatable bonds is 7. The number of guanidine groups is 1. The van der Waals surface area contributed by atoms with Crippen molar-refractivity contribution in [3.8, 4) is 0 Å². The fourth-order valence-corrected chi connectivity index (χ4v) is 1.85. The maximum atomic E-state index is 5.90. The molecule has 0 radical (unpaired) electrons. The van der Waals surface area contributed by atoms with Gasteiger partial charge in [-0.25, -0.2) is 4.99 Å². The molecule has 0 heterocycles. The van der Waals surface area contributed by atoms with Gasteiger partial charge in [0.05, 0.1) is 6.54 Å². The predicted molar refractivity (Wildman–Crippen MR) is 94.3 cm³/mol. The van der Waals surface area contributed by atoms with Crippen molar-refractivity contribution in [2.75, 3.05) is 6.54 Å². The van der Waals surface area contributed by atoms with Gasteiger partial charge in [0.2, 0.25) is 0 Å². The highest BCUT2D eigenvalue weighted by molar-refractivity contribution is 14.0. The van der Waals surface area contributed by atoms with Crippen LogP contribution in [0.3, 0.4) is 0 Å². The number of unbranched alkanes of at least 4 members (excludes halogenated alkanes) is 3. The summed E-state index contributed by atoms with van der Waals surface area (Å²) in [5.41, 5.74) is 6.85. The molecule has 0 bridgehead atoms. The number of hydrogen-bond acceptors (Lipinski definition) is 1. The number of nitrogens with one attached hydrogen (secondary N) is 1. The molecule has 5 heteroatoms. The van der Waals surface area contributed by atoms with E-state index in [1.807, 2.05) is 24.3 Å². The molecule has 108 valence electrons. The van der Waals surface area contributed by atoms with Crippen molar-refractivity contribution in [1.82, 2.24) is 5.32 Å². The Morgan fingerprint density at radius 3 is 2.79 bits per heavy atom. The van der Waals surface area contributed by atoms with Gasteiger partial charge < -0.3 is 11.1 Å². The fraction of sp³-hybridized carbons (Fsp3) is 0.500. The van der Waals surface area contributed by atoms with E-state index in [0.717, 1.165) is 23.6 Å². The summed E-state index contributed by atoms with van der Waals surface area (Å²) >= 11 is 5.90. The van der Waals surface area contributed by atoms with Gasteiger partial charge in [-0.1, -0.05) is 49.9 Å². The minimum Gasteiger partial charge on any atom is -0.370 e. The van der Waals surface area contributed by atoms with Crippen molar-refractivity contribution >= 4 is 41.5 Å². The van der Waals surface area contributed by atoms with Crippen molar-refractivity contribution in [3.63, 3.8) is 0 Å². The van der Waals surface area contributed by atoms with E-state index in [2.05, 4.69) is 17.2 Å². The third kappa shape index (κ3) is 9.10. The van der Waals surface area contributed by atoms with Gasteiger partial charge in [-0.3, -0.25) is 0 Å². The molecule has 0 saturated carbocycles. The van der Waals surface area contributed by atoms with Crippen LogP contribution in [0.15, 0.2) is 29.3 Å². The zero-order chi connectivity index (χ0) is 13.2. The number of nitrogens with two attached hydrogens (primary N) is 1. The molecular formula is C14H23ClIN3. The fourth-order valence-electron chi connectivity index (χ4n) is 1.64. The second-order valence-corrected chi connectivity index (χ2v) is 4.76. The first-order chi connectivity index (χ1) is 8.72. The summed E-state index contributed by atoms with van der Waals surface area (Å²) < 4.78 is 0. The minimum absolute atomic E-state index is 0. The van der Waals surface area contributed by atoms with Crippen molar-refractivity contribution in [1.29, 1.82) is 0 Å². The van der Waals surface area contributed by atoms with E-state index < -0.39 is 0 Å². The first-order valence-electron chi connectivity index (χ1n) is 6.50. The molecule has 0 saturated heterocycles. The summed E-state index contributed by atoms with van der Waals surface area (Å²) in [4.78, 5) is 4.28. The van der Waals surface area contributed by atoms with Gasteiger partial charge in [-0.2, -0.15) is 0 Å². The van der Waals surface area contributed by atoms with Crippen LogP contribution < -0.4 is 11.1 Å². The largest absolute Gasteiger partial charge is 0.370 e. The molecule has 1 aromatic carbocycles. The molecule has 0 unspecified atom stereocenters. The number of nitrogens with zero attached hydrogens (tertiary/aromatic N) is 1. The second-order valence-electron chi connectivity index (χ2n) is 4.32. The average molecular weight is 396 g/mol. The van der Waals surface area contributed by atoms with Gasteiger partial charge in [-0.05, 0) is 24.1 Å². The summed E-state index contributed by atoms with van der Waals surface area (Å²) in [6.07, 6.45) is 4.91. The molecule has 0 aliphatic heterocycles.